The maximum absolute atomic E-state index is 11.6. The van der Waals surface area contributed by atoms with Gasteiger partial charge in [-0.15, -0.1) is 0 Å². The zero-order chi connectivity index (χ0) is 23.9. The molecule has 0 bridgehead atoms. The van der Waals surface area contributed by atoms with Crippen LogP contribution in [0.4, 0.5) is 0 Å². The average molecular weight is 429 g/mol. The molecule has 3 heteroatoms. The molecule has 31 heavy (non-hydrogen) atoms. The molecule has 1 amide bonds. The lowest BCUT2D eigenvalue weighted by Crippen LogP contribution is -2.27. The molecule has 2 atom stereocenters. The summed E-state index contributed by atoms with van der Waals surface area (Å²) in [6.45, 7) is 19.6. The molecule has 176 valence electrons. The van der Waals surface area contributed by atoms with Gasteiger partial charge in [-0.05, 0) is 36.1 Å². The predicted molar refractivity (Wildman–Crippen MR) is 139 cm³/mol. The van der Waals surface area contributed by atoms with E-state index in [1.807, 2.05) is 58.0 Å². The quantitative estimate of drug-likeness (QED) is 0.439. The molecule has 0 aliphatic carbocycles. The van der Waals surface area contributed by atoms with Crippen LogP contribution in [0, 0.1) is 11.8 Å². The molecule has 2 unspecified atom stereocenters. The minimum Gasteiger partial charge on any atom is -0.352 e. The molecular formula is C28H48N2O. The van der Waals surface area contributed by atoms with Crippen molar-refractivity contribution in [1.29, 1.82) is 0 Å². The topological polar surface area (TPSA) is 41.1 Å². The number of hydrogen-bond donors (Lipinski definition) is 2. The van der Waals surface area contributed by atoms with Crippen LogP contribution in [0.5, 0.6) is 0 Å². The summed E-state index contributed by atoms with van der Waals surface area (Å²) in [5.74, 6) is 1.34. The Morgan fingerprint density at radius 1 is 0.742 bits per heavy atom. The molecule has 0 saturated carbocycles. The number of amides is 1. The molecule has 0 spiro atoms. The highest BCUT2D eigenvalue weighted by Gasteiger charge is 2.05. The summed E-state index contributed by atoms with van der Waals surface area (Å²) in [6, 6.07) is 19.8. The van der Waals surface area contributed by atoms with Gasteiger partial charge in [0.05, 0.1) is 0 Å². The van der Waals surface area contributed by atoms with E-state index in [0.717, 1.165) is 37.5 Å². The number of hydrogen-bond acceptors (Lipinski definition) is 2. The lowest BCUT2D eigenvalue weighted by atomic mass is 10.1. The van der Waals surface area contributed by atoms with Crippen LogP contribution in [-0.2, 0) is 6.54 Å². The molecule has 0 saturated heterocycles. The zero-order valence-electron chi connectivity index (χ0n) is 21.4. The van der Waals surface area contributed by atoms with Gasteiger partial charge in [-0.2, -0.15) is 0 Å². The van der Waals surface area contributed by atoms with Gasteiger partial charge in [-0.3, -0.25) is 4.79 Å². The van der Waals surface area contributed by atoms with Gasteiger partial charge in [0.15, 0.2) is 0 Å². The molecule has 0 aliphatic rings. The minimum absolute atomic E-state index is 0.0194. The third-order valence-corrected chi connectivity index (χ3v) is 4.71. The summed E-state index contributed by atoms with van der Waals surface area (Å²) in [7, 11) is 0. The van der Waals surface area contributed by atoms with Crippen molar-refractivity contribution in [1.82, 2.24) is 10.6 Å². The van der Waals surface area contributed by atoms with Gasteiger partial charge in [0.1, 0.15) is 0 Å². The van der Waals surface area contributed by atoms with Crippen LogP contribution >= 0.6 is 0 Å². The van der Waals surface area contributed by atoms with Gasteiger partial charge in [0.25, 0.3) is 5.91 Å². The second kappa shape index (κ2) is 22.6. The van der Waals surface area contributed by atoms with Crippen LogP contribution in [0.1, 0.15) is 84.2 Å². The predicted octanol–water partition coefficient (Wildman–Crippen LogP) is 7.34. The van der Waals surface area contributed by atoms with Gasteiger partial charge in [-0.1, -0.05) is 117 Å². The van der Waals surface area contributed by atoms with Gasteiger partial charge in [0, 0.05) is 18.7 Å². The summed E-state index contributed by atoms with van der Waals surface area (Å²) in [4.78, 5) is 11.6. The maximum atomic E-state index is 11.6. The van der Waals surface area contributed by atoms with Gasteiger partial charge in [-0.25, -0.2) is 0 Å². The Bertz CT molecular complexity index is 613. The average Bonchev–Trinajstić information content (AvgIpc) is 2.86. The Hall–Kier alpha value is -2.13. The second-order valence-corrected chi connectivity index (χ2v) is 7.22. The van der Waals surface area contributed by atoms with E-state index in [0.29, 0.717) is 5.92 Å². The number of nitrogens with one attached hydrogen (secondary N) is 2. The smallest absolute Gasteiger partial charge is 0.251 e. The molecule has 0 radical (unpaired) electrons. The van der Waals surface area contributed by atoms with Crippen LogP contribution in [0.3, 0.4) is 0 Å². The monoisotopic (exact) mass is 428 g/mol. The molecule has 0 aliphatic heterocycles. The number of carbonyl (C=O) groups is 1. The van der Waals surface area contributed by atoms with Crippen LogP contribution in [0.2, 0.25) is 0 Å². The Labute approximate surface area is 193 Å². The van der Waals surface area contributed by atoms with Crippen molar-refractivity contribution in [2.75, 3.05) is 13.1 Å². The first-order valence-corrected chi connectivity index (χ1v) is 12.1. The molecule has 0 aromatic heterocycles. The van der Waals surface area contributed by atoms with Crippen molar-refractivity contribution in [3.05, 3.63) is 71.8 Å². The first-order chi connectivity index (χ1) is 15.1. The van der Waals surface area contributed by atoms with Crippen LogP contribution in [0.25, 0.3) is 0 Å². The van der Waals surface area contributed by atoms with Crippen molar-refractivity contribution in [2.45, 2.75) is 74.8 Å². The first kappa shape index (κ1) is 31.1. The van der Waals surface area contributed by atoms with Crippen molar-refractivity contribution >= 4 is 5.91 Å². The molecule has 2 aromatic carbocycles. The third kappa shape index (κ3) is 17.3. The van der Waals surface area contributed by atoms with E-state index >= 15 is 0 Å². The minimum atomic E-state index is 0.0194. The summed E-state index contributed by atoms with van der Waals surface area (Å²) >= 11 is 0. The standard InChI is InChI=1S/C12H17NO.C12H19N.2C2H6/c1-3-10(2)9-13-12(14)11-7-5-4-6-8-11;1-3-11(2)9-13-10-12-7-5-4-6-8-12;2*1-2/h4-8,10H,3,9H2,1-2H3,(H,13,14);4-8,11,13H,3,9-10H2,1-2H3;2*1-2H3. The van der Waals surface area contributed by atoms with E-state index in [9.17, 15) is 4.79 Å². The molecule has 2 aromatic rings. The number of rotatable bonds is 9. The highest BCUT2D eigenvalue weighted by molar-refractivity contribution is 5.94. The lowest BCUT2D eigenvalue weighted by Gasteiger charge is -2.09. The highest BCUT2D eigenvalue weighted by Crippen LogP contribution is 2.01. The highest BCUT2D eigenvalue weighted by atomic mass is 16.1. The number of carbonyl (C=O) groups excluding carboxylic acids is 1. The molecule has 0 fully saturated rings. The molecule has 3 nitrogen and oxygen atoms in total. The lowest BCUT2D eigenvalue weighted by molar-refractivity contribution is 0.0948. The van der Waals surface area contributed by atoms with Crippen LogP contribution in [0.15, 0.2) is 60.7 Å². The first-order valence-electron chi connectivity index (χ1n) is 12.1. The zero-order valence-corrected chi connectivity index (χ0v) is 21.4. The molecule has 2 N–H and O–H groups in total. The summed E-state index contributed by atoms with van der Waals surface area (Å²) in [5.41, 5.74) is 2.10. The second-order valence-electron chi connectivity index (χ2n) is 7.22. The van der Waals surface area contributed by atoms with Crippen molar-refractivity contribution in [3.8, 4) is 0 Å². The van der Waals surface area contributed by atoms with E-state index in [4.69, 9.17) is 0 Å². The van der Waals surface area contributed by atoms with E-state index < -0.39 is 0 Å². The largest absolute Gasteiger partial charge is 0.352 e. The normalized spacial score (nSPS) is 11.2. The van der Waals surface area contributed by atoms with Crippen LogP contribution in [-0.4, -0.2) is 19.0 Å². The summed E-state index contributed by atoms with van der Waals surface area (Å²) in [6.07, 6.45) is 2.34. The molecular weight excluding hydrogens is 380 g/mol. The van der Waals surface area contributed by atoms with Gasteiger partial charge >= 0.3 is 0 Å². The number of benzene rings is 2. The van der Waals surface area contributed by atoms with E-state index in [1.54, 1.807) is 0 Å². The Balaban J connectivity index is 0. The fourth-order valence-corrected chi connectivity index (χ4v) is 2.31. The maximum Gasteiger partial charge on any atom is 0.251 e. The Morgan fingerprint density at radius 3 is 1.68 bits per heavy atom. The fourth-order valence-electron chi connectivity index (χ4n) is 2.31. The summed E-state index contributed by atoms with van der Waals surface area (Å²) in [5, 5.41) is 6.36. The third-order valence-electron chi connectivity index (χ3n) is 4.71. The van der Waals surface area contributed by atoms with Gasteiger partial charge < -0.3 is 10.6 Å². The SMILES string of the molecule is CC.CC.CCC(C)CNC(=O)c1ccccc1.CCC(C)CNCc1ccccc1. The van der Waals surface area contributed by atoms with Crippen molar-refractivity contribution < 1.29 is 4.79 Å². The van der Waals surface area contributed by atoms with Crippen LogP contribution < -0.4 is 10.6 Å². The Morgan fingerprint density at radius 2 is 1.19 bits per heavy atom. The molecule has 0 heterocycles. The van der Waals surface area contributed by atoms with E-state index in [-0.39, 0.29) is 5.91 Å². The Kier molecular flexibility index (Phi) is 22.6. The van der Waals surface area contributed by atoms with E-state index in [1.165, 1.54) is 12.0 Å². The van der Waals surface area contributed by atoms with E-state index in [2.05, 4.69) is 68.7 Å². The molecule has 2 rings (SSSR count). The van der Waals surface area contributed by atoms with Gasteiger partial charge in [0.2, 0.25) is 0 Å². The fraction of sp³-hybridized carbons (Fsp3) is 0.536. The summed E-state index contributed by atoms with van der Waals surface area (Å²) < 4.78 is 0. The van der Waals surface area contributed by atoms with Crippen molar-refractivity contribution in [2.24, 2.45) is 11.8 Å². The van der Waals surface area contributed by atoms with Crippen molar-refractivity contribution in [3.63, 3.8) is 0 Å².